The third-order valence-corrected chi connectivity index (χ3v) is 4.15. The third kappa shape index (κ3) is 5.57. The largest absolute Gasteiger partial charge is 0.497 e. The van der Waals surface area contributed by atoms with Gasteiger partial charge in [-0.05, 0) is 36.2 Å². The molecule has 0 saturated carbocycles. The minimum Gasteiger partial charge on any atom is -0.497 e. The molecule has 0 bridgehead atoms. The lowest BCUT2D eigenvalue weighted by atomic mass is 10.1. The topological polar surface area (TPSA) is 84.9 Å². The Kier molecular flexibility index (Phi) is 7.56. The fourth-order valence-corrected chi connectivity index (χ4v) is 2.73. The van der Waals surface area contributed by atoms with Gasteiger partial charge in [0.2, 0.25) is 11.8 Å². The number of nitrogens with one attached hydrogen (secondary N) is 1. The van der Waals surface area contributed by atoms with Crippen molar-refractivity contribution in [2.75, 3.05) is 32.2 Å². The van der Waals surface area contributed by atoms with Gasteiger partial charge in [-0.3, -0.25) is 9.59 Å². The normalized spacial score (nSPS) is 10.1. The van der Waals surface area contributed by atoms with E-state index in [0.29, 0.717) is 18.7 Å². The summed E-state index contributed by atoms with van der Waals surface area (Å²) in [4.78, 5) is 37.7. The summed E-state index contributed by atoms with van der Waals surface area (Å²) in [5, 5.41) is 2.80. The van der Waals surface area contributed by atoms with E-state index in [2.05, 4.69) is 5.32 Å². The lowest BCUT2D eigenvalue weighted by Gasteiger charge is -2.22. The van der Waals surface area contributed by atoms with Crippen LogP contribution in [0.25, 0.3) is 0 Å². The van der Waals surface area contributed by atoms with Crippen LogP contribution in [0.4, 0.5) is 5.69 Å². The molecule has 2 aromatic rings. The smallest absolute Gasteiger partial charge is 0.339 e. The van der Waals surface area contributed by atoms with Crippen molar-refractivity contribution in [3.8, 4) is 5.75 Å². The fraction of sp³-hybridized carbons (Fsp3) is 0.286. The molecule has 0 aliphatic carbocycles. The molecule has 0 aliphatic heterocycles. The van der Waals surface area contributed by atoms with Crippen LogP contribution < -0.4 is 15.0 Å². The number of ether oxygens (including phenoxy) is 2. The van der Waals surface area contributed by atoms with Crippen molar-refractivity contribution in [2.24, 2.45) is 0 Å². The zero-order valence-electron chi connectivity index (χ0n) is 16.2. The number of methoxy groups -OCH3 is 2. The van der Waals surface area contributed by atoms with Gasteiger partial charge in [-0.25, -0.2) is 4.79 Å². The predicted octanol–water partition coefficient (Wildman–Crippen LogP) is 2.19. The van der Waals surface area contributed by atoms with Gasteiger partial charge in [0.15, 0.2) is 0 Å². The number of carbonyl (C=O) groups is 3. The van der Waals surface area contributed by atoms with E-state index in [1.54, 1.807) is 31.4 Å². The van der Waals surface area contributed by atoms with Crippen molar-refractivity contribution < 1.29 is 23.9 Å². The molecule has 0 heterocycles. The number of rotatable bonds is 8. The van der Waals surface area contributed by atoms with Crippen molar-refractivity contribution in [3.63, 3.8) is 0 Å². The summed E-state index contributed by atoms with van der Waals surface area (Å²) >= 11 is 0. The number of hydrogen-bond donors (Lipinski definition) is 1. The average molecular weight is 384 g/mol. The summed E-state index contributed by atoms with van der Waals surface area (Å²) < 4.78 is 9.94. The molecule has 0 unspecified atom stereocenters. The maximum Gasteiger partial charge on any atom is 0.339 e. The zero-order valence-corrected chi connectivity index (χ0v) is 16.2. The molecule has 1 N–H and O–H groups in total. The maximum absolute atomic E-state index is 12.3. The number of esters is 1. The molecule has 148 valence electrons. The molecule has 7 heteroatoms. The molecule has 2 aromatic carbocycles. The molecule has 0 radical (unpaired) electrons. The van der Waals surface area contributed by atoms with Crippen LogP contribution in [0.15, 0.2) is 48.5 Å². The highest BCUT2D eigenvalue weighted by Crippen LogP contribution is 2.21. The highest BCUT2D eigenvalue weighted by molar-refractivity contribution is 6.04. The van der Waals surface area contributed by atoms with Crippen LogP contribution in [0.3, 0.4) is 0 Å². The predicted molar refractivity (Wildman–Crippen MR) is 106 cm³/mol. The average Bonchev–Trinajstić information content (AvgIpc) is 2.71. The van der Waals surface area contributed by atoms with Crippen LogP contribution in [-0.2, 0) is 20.7 Å². The van der Waals surface area contributed by atoms with Crippen molar-refractivity contribution in [1.29, 1.82) is 0 Å². The minimum absolute atomic E-state index is 0.193. The van der Waals surface area contributed by atoms with Gasteiger partial charge < -0.3 is 19.7 Å². The van der Waals surface area contributed by atoms with Crippen molar-refractivity contribution in [1.82, 2.24) is 5.32 Å². The second-order valence-corrected chi connectivity index (χ2v) is 6.07. The number of carbonyl (C=O) groups excluding carboxylic acids is 3. The molecule has 0 aromatic heterocycles. The molecule has 0 spiro atoms. The first-order chi connectivity index (χ1) is 13.5. The number of para-hydroxylation sites is 1. The second-order valence-electron chi connectivity index (χ2n) is 6.07. The maximum atomic E-state index is 12.3. The lowest BCUT2D eigenvalue weighted by Crippen LogP contribution is -2.41. The van der Waals surface area contributed by atoms with Crippen LogP contribution >= 0.6 is 0 Å². The number of nitrogens with zero attached hydrogens (tertiary/aromatic N) is 1. The first-order valence-electron chi connectivity index (χ1n) is 8.81. The van der Waals surface area contributed by atoms with Gasteiger partial charge in [0.25, 0.3) is 0 Å². The van der Waals surface area contributed by atoms with E-state index in [0.717, 1.165) is 11.3 Å². The number of benzene rings is 2. The van der Waals surface area contributed by atoms with E-state index in [1.807, 2.05) is 24.3 Å². The zero-order chi connectivity index (χ0) is 20.5. The molecule has 0 fully saturated rings. The molecule has 0 atom stereocenters. The van der Waals surface area contributed by atoms with E-state index < -0.39 is 5.97 Å². The van der Waals surface area contributed by atoms with Crippen molar-refractivity contribution >= 4 is 23.5 Å². The molecular weight excluding hydrogens is 360 g/mol. The van der Waals surface area contributed by atoms with Crippen molar-refractivity contribution in [2.45, 2.75) is 13.3 Å². The van der Waals surface area contributed by atoms with Gasteiger partial charge in [-0.2, -0.15) is 0 Å². The molecule has 2 rings (SSSR count). The highest BCUT2D eigenvalue weighted by atomic mass is 16.5. The summed E-state index contributed by atoms with van der Waals surface area (Å²) in [5.74, 6) is -0.483. The second kappa shape index (κ2) is 10.1. The van der Waals surface area contributed by atoms with E-state index in [4.69, 9.17) is 9.47 Å². The molecule has 2 amide bonds. The number of amides is 2. The van der Waals surface area contributed by atoms with Gasteiger partial charge in [0.05, 0.1) is 25.5 Å². The monoisotopic (exact) mass is 384 g/mol. The number of anilines is 1. The molecular formula is C21H24N2O5. The Labute approximate surface area is 164 Å². The van der Waals surface area contributed by atoms with Crippen LogP contribution in [0, 0.1) is 0 Å². The highest BCUT2D eigenvalue weighted by Gasteiger charge is 2.21. The Morgan fingerprint density at radius 2 is 1.79 bits per heavy atom. The Balaban J connectivity index is 2.02. The van der Waals surface area contributed by atoms with Gasteiger partial charge in [-0.1, -0.05) is 24.3 Å². The third-order valence-electron chi connectivity index (χ3n) is 4.15. The fourth-order valence-electron chi connectivity index (χ4n) is 2.73. The Morgan fingerprint density at radius 1 is 1.04 bits per heavy atom. The first-order valence-corrected chi connectivity index (χ1v) is 8.81. The van der Waals surface area contributed by atoms with Crippen LogP contribution in [0.5, 0.6) is 5.75 Å². The quantitative estimate of drug-likeness (QED) is 0.706. The Hall–Kier alpha value is -3.35. The SMILES string of the molecule is COC(=O)c1ccccc1N(CC(=O)NCCc1cccc(OC)c1)C(C)=O. The van der Waals surface area contributed by atoms with Crippen LogP contribution in [0.2, 0.25) is 0 Å². The lowest BCUT2D eigenvalue weighted by molar-refractivity contribution is -0.123. The van der Waals surface area contributed by atoms with Crippen LogP contribution in [-0.4, -0.2) is 45.1 Å². The summed E-state index contributed by atoms with van der Waals surface area (Å²) in [6.07, 6.45) is 0.627. The van der Waals surface area contributed by atoms with E-state index in [9.17, 15) is 14.4 Å². The molecule has 0 saturated heterocycles. The Bertz CT molecular complexity index is 850. The van der Waals surface area contributed by atoms with Gasteiger partial charge in [0, 0.05) is 13.5 Å². The standard InChI is InChI=1S/C21H24N2O5/c1-15(24)23(19-10-5-4-9-18(19)21(26)28-3)14-20(25)22-12-11-16-7-6-8-17(13-16)27-2/h4-10,13H,11-12,14H2,1-3H3,(H,22,25). The Morgan fingerprint density at radius 3 is 2.46 bits per heavy atom. The van der Waals surface area contributed by atoms with E-state index in [1.165, 1.54) is 18.9 Å². The van der Waals surface area contributed by atoms with Gasteiger partial charge in [0.1, 0.15) is 12.3 Å². The van der Waals surface area contributed by atoms with Crippen LogP contribution in [0.1, 0.15) is 22.8 Å². The van der Waals surface area contributed by atoms with E-state index in [-0.39, 0.29) is 23.9 Å². The minimum atomic E-state index is -0.569. The van der Waals surface area contributed by atoms with Gasteiger partial charge >= 0.3 is 5.97 Å². The molecule has 0 aliphatic rings. The molecule has 28 heavy (non-hydrogen) atoms. The summed E-state index contributed by atoms with van der Waals surface area (Å²) in [6, 6.07) is 14.1. The van der Waals surface area contributed by atoms with E-state index >= 15 is 0 Å². The first kappa shape index (κ1) is 21.0. The van der Waals surface area contributed by atoms with Gasteiger partial charge in [-0.15, -0.1) is 0 Å². The summed E-state index contributed by atoms with van der Waals surface area (Å²) in [5.41, 5.74) is 1.59. The van der Waals surface area contributed by atoms with Crippen molar-refractivity contribution in [3.05, 3.63) is 59.7 Å². The molecule has 7 nitrogen and oxygen atoms in total. The summed E-state index contributed by atoms with van der Waals surface area (Å²) in [6.45, 7) is 1.56. The number of hydrogen-bond acceptors (Lipinski definition) is 5. The summed E-state index contributed by atoms with van der Waals surface area (Å²) in [7, 11) is 2.87.